The van der Waals surface area contributed by atoms with Gasteiger partial charge in [-0.25, -0.2) is 0 Å². The van der Waals surface area contributed by atoms with Crippen molar-refractivity contribution in [2.75, 3.05) is 26.2 Å². The molecule has 82 valence electrons. The highest BCUT2D eigenvalue weighted by Gasteiger charge is 2.59. The average molecular weight is 197 g/mol. The molecule has 1 saturated carbocycles. The Morgan fingerprint density at radius 2 is 1.79 bits per heavy atom. The van der Waals surface area contributed by atoms with E-state index < -0.39 is 0 Å². The van der Waals surface area contributed by atoms with Gasteiger partial charge in [0.1, 0.15) is 0 Å². The third-order valence-corrected chi connectivity index (χ3v) is 3.90. The number of likely N-dealkylation sites (tertiary alicyclic amines) is 1. The number of hydrogen-bond acceptors (Lipinski definition) is 2. The Kier molecular flexibility index (Phi) is 2.61. The van der Waals surface area contributed by atoms with Crippen LogP contribution in [-0.4, -0.2) is 36.2 Å². The van der Waals surface area contributed by atoms with E-state index >= 15 is 0 Å². The van der Waals surface area contributed by atoms with Crippen molar-refractivity contribution in [3.05, 3.63) is 0 Å². The highest BCUT2D eigenvalue weighted by Crippen LogP contribution is 2.59. The summed E-state index contributed by atoms with van der Waals surface area (Å²) in [5, 5.41) is 8.76. The molecule has 0 amide bonds. The minimum absolute atomic E-state index is 0.342. The Morgan fingerprint density at radius 1 is 1.21 bits per heavy atom. The van der Waals surface area contributed by atoms with E-state index in [0.717, 1.165) is 30.7 Å². The summed E-state index contributed by atoms with van der Waals surface area (Å²) in [6, 6.07) is 0. The topological polar surface area (TPSA) is 23.5 Å². The van der Waals surface area contributed by atoms with Crippen LogP contribution in [0.15, 0.2) is 0 Å². The molecule has 0 aromatic rings. The highest BCUT2D eigenvalue weighted by molar-refractivity contribution is 5.08. The first kappa shape index (κ1) is 10.4. The van der Waals surface area contributed by atoms with Gasteiger partial charge in [-0.3, -0.25) is 0 Å². The fraction of sp³-hybridized carbons (Fsp3) is 1.00. The highest BCUT2D eigenvalue weighted by atomic mass is 16.3. The molecule has 0 bridgehead atoms. The van der Waals surface area contributed by atoms with E-state index in [1.807, 2.05) is 0 Å². The zero-order valence-electron chi connectivity index (χ0n) is 9.66. The van der Waals surface area contributed by atoms with Gasteiger partial charge in [0.05, 0.1) is 0 Å². The van der Waals surface area contributed by atoms with Crippen molar-refractivity contribution >= 4 is 0 Å². The monoisotopic (exact) mass is 197 g/mol. The maximum atomic E-state index is 8.76. The van der Waals surface area contributed by atoms with E-state index in [-0.39, 0.29) is 0 Å². The molecule has 2 fully saturated rings. The quantitative estimate of drug-likeness (QED) is 0.743. The van der Waals surface area contributed by atoms with Crippen LogP contribution in [0.5, 0.6) is 0 Å². The van der Waals surface area contributed by atoms with Crippen molar-refractivity contribution in [2.24, 2.45) is 23.2 Å². The number of fused-ring (bicyclic) bond motifs is 1. The molecule has 1 unspecified atom stereocenters. The first-order chi connectivity index (χ1) is 6.54. The van der Waals surface area contributed by atoms with Crippen LogP contribution in [0.25, 0.3) is 0 Å². The molecule has 3 atom stereocenters. The molecule has 2 heteroatoms. The SMILES string of the molecule is CC(C)(C)C1[C@H]2CN(CCCO)C[C@@H]12. The molecule has 0 radical (unpaired) electrons. The lowest BCUT2D eigenvalue weighted by Gasteiger charge is -2.25. The summed E-state index contributed by atoms with van der Waals surface area (Å²) < 4.78 is 0. The summed E-state index contributed by atoms with van der Waals surface area (Å²) in [5.41, 5.74) is 0.512. The van der Waals surface area contributed by atoms with E-state index in [1.165, 1.54) is 13.1 Å². The van der Waals surface area contributed by atoms with E-state index in [9.17, 15) is 0 Å². The van der Waals surface area contributed by atoms with Crippen LogP contribution in [0, 0.1) is 23.2 Å². The van der Waals surface area contributed by atoms with Gasteiger partial charge in [0.2, 0.25) is 0 Å². The summed E-state index contributed by atoms with van der Waals surface area (Å²) in [4.78, 5) is 2.52. The lowest BCUT2D eigenvalue weighted by atomic mass is 9.87. The lowest BCUT2D eigenvalue weighted by Crippen LogP contribution is -2.29. The Morgan fingerprint density at radius 3 is 2.21 bits per heavy atom. The summed E-state index contributed by atoms with van der Waals surface area (Å²) in [7, 11) is 0. The van der Waals surface area contributed by atoms with Crippen LogP contribution < -0.4 is 0 Å². The second-order valence-electron chi connectivity index (χ2n) is 6.06. The molecular weight excluding hydrogens is 174 g/mol. The first-order valence-corrected chi connectivity index (χ1v) is 5.87. The first-order valence-electron chi connectivity index (χ1n) is 5.87. The predicted octanol–water partition coefficient (Wildman–Crippen LogP) is 1.59. The third kappa shape index (κ3) is 1.82. The van der Waals surface area contributed by atoms with E-state index in [0.29, 0.717) is 12.0 Å². The summed E-state index contributed by atoms with van der Waals surface area (Å²) in [5.74, 6) is 2.90. The van der Waals surface area contributed by atoms with Crippen molar-refractivity contribution in [1.29, 1.82) is 0 Å². The molecule has 2 rings (SSSR count). The van der Waals surface area contributed by atoms with Crippen molar-refractivity contribution in [3.63, 3.8) is 0 Å². The molecule has 1 aliphatic heterocycles. The maximum Gasteiger partial charge on any atom is 0.0443 e. The molecule has 0 spiro atoms. The Hall–Kier alpha value is -0.0800. The van der Waals surface area contributed by atoms with Crippen LogP contribution in [0.1, 0.15) is 27.2 Å². The second kappa shape index (κ2) is 3.49. The fourth-order valence-corrected chi connectivity index (χ4v) is 3.38. The van der Waals surface area contributed by atoms with Crippen LogP contribution in [0.3, 0.4) is 0 Å². The number of nitrogens with zero attached hydrogens (tertiary/aromatic N) is 1. The molecule has 1 heterocycles. The van der Waals surface area contributed by atoms with Gasteiger partial charge in [0, 0.05) is 26.2 Å². The molecule has 1 saturated heterocycles. The zero-order valence-corrected chi connectivity index (χ0v) is 9.66. The fourth-order valence-electron chi connectivity index (χ4n) is 3.38. The Balaban J connectivity index is 1.76. The standard InChI is InChI=1S/C12H23NO/c1-12(2,3)11-9-7-13(5-4-6-14)8-10(9)11/h9-11,14H,4-8H2,1-3H3/t9-,10+,11?. The third-order valence-electron chi connectivity index (χ3n) is 3.90. The molecule has 2 nitrogen and oxygen atoms in total. The van der Waals surface area contributed by atoms with Gasteiger partial charge in [-0.2, -0.15) is 0 Å². The smallest absolute Gasteiger partial charge is 0.0443 e. The molecule has 0 aromatic carbocycles. The van der Waals surface area contributed by atoms with E-state index in [4.69, 9.17) is 5.11 Å². The average Bonchev–Trinajstić information content (AvgIpc) is 2.62. The van der Waals surface area contributed by atoms with Crippen molar-refractivity contribution in [2.45, 2.75) is 27.2 Å². The van der Waals surface area contributed by atoms with E-state index in [1.54, 1.807) is 0 Å². The molecule has 1 N–H and O–H groups in total. The maximum absolute atomic E-state index is 8.76. The second-order valence-corrected chi connectivity index (χ2v) is 6.06. The molecule has 1 aliphatic carbocycles. The van der Waals surface area contributed by atoms with Gasteiger partial charge >= 0.3 is 0 Å². The van der Waals surface area contributed by atoms with Gasteiger partial charge < -0.3 is 10.0 Å². The summed E-state index contributed by atoms with van der Waals surface area (Å²) in [6.07, 6.45) is 0.944. The van der Waals surface area contributed by atoms with Crippen LogP contribution in [0.2, 0.25) is 0 Å². The van der Waals surface area contributed by atoms with Crippen molar-refractivity contribution in [3.8, 4) is 0 Å². The lowest BCUT2D eigenvalue weighted by molar-refractivity contribution is 0.203. The zero-order chi connectivity index (χ0) is 10.3. The number of rotatable bonds is 3. The normalized spacial score (nSPS) is 37.3. The van der Waals surface area contributed by atoms with Gasteiger partial charge in [-0.15, -0.1) is 0 Å². The minimum Gasteiger partial charge on any atom is -0.396 e. The van der Waals surface area contributed by atoms with Crippen LogP contribution >= 0.6 is 0 Å². The number of hydrogen-bond donors (Lipinski definition) is 1. The molecule has 0 aromatic heterocycles. The van der Waals surface area contributed by atoms with Gasteiger partial charge in [-0.05, 0) is 29.6 Å². The Bertz CT molecular complexity index is 197. The summed E-state index contributed by atoms with van der Waals surface area (Å²) >= 11 is 0. The van der Waals surface area contributed by atoms with Crippen LogP contribution in [0.4, 0.5) is 0 Å². The van der Waals surface area contributed by atoms with Crippen LogP contribution in [-0.2, 0) is 0 Å². The van der Waals surface area contributed by atoms with Gasteiger partial charge in [-0.1, -0.05) is 20.8 Å². The number of aliphatic hydroxyl groups is 1. The molecule has 2 aliphatic rings. The number of aliphatic hydroxyl groups excluding tert-OH is 1. The van der Waals surface area contributed by atoms with Crippen molar-refractivity contribution < 1.29 is 5.11 Å². The molecule has 14 heavy (non-hydrogen) atoms. The molecular formula is C12H23NO. The Labute approximate surface area is 87.3 Å². The minimum atomic E-state index is 0.342. The number of piperidine rings is 1. The largest absolute Gasteiger partial charge is 0.396 e. The van der Waals surface area contributed by atoms with E-state index in [2.05, 4.69) is 25.7 Å². The predicted molar refractivity (Wildman–Crippen MR) is 58.1 cm³/mol. The van der Waals surface area contributed by atoms with Crippen molar-refractivity contribution in [1.82, 2.24) is 4.90 Å². The summed E-state index contributed by atoms with van der Waals surface area (Å²) in [6.45, 7) is 11.1. The van der Waals surface area contributed by atoms with Gasteiger partial charge in [0.15, 0.2) is 0 Å². The van der Waals surface area contributed by atoms with Gasteiger partial charge in [0.25, 0.3) is 0 Å².